The first-order chi connectivity index (χ1) is 4.77. The van der Waals surface area contributed by atoms with Crippen molar-refractivity contribution < 1.29 is 22.3 Å². The summed E-state index contributed by atoms with van der Waals surface area (Å²) < 4.78 is 31.6. The zero-order valence-corrected chi connectivity index (χ0v) is 6.08. The number of hydrogen-bond acceptors (Lipinski definition) is 4. The van der Waals surface area contributed by atoms with Crippen LogP contribution in [-0.4, -0.2) is 23.4 Å². The summed E-state index contributed by atoms with van der Waals surface area (Å²) in [4.78, 5) is 9.60. The topological polar surface area (TPSA) is 141 Å². The van der Waals surface area contributed by atoms with Gasteiger partial charge >= 0.3 is 10.4 Å². The van der Waals surface area contributed by atoms with E-state index in [0.717, 1.165) is 0 Å². The number of amides is 1. The monoisotopic (exact) mass is 182 g/mol. The van der Waals surface area contributed by atoms with Crippen LogP contribution in [0.1, 0.15) is 6.42 Å². The fourth-order valence-corrected chi connectivity index (χ4v) is 0.0779. The third kappa shape index (κ3) is 123. The highest BCUT2D eigenvalue weighted by Crippen LogP contribution is 1.64. The van der Waals surface area contributed by atoms with Gasteiger partial charge in [0.25, 0.3) is 0 Å². The number of rotatable bonds is 1. The van der Waals surface area contributed by atoms with Crippen molar-refractivity contribution in [3.8, 4) is 6.07 Å². The van der Waals surface area contributed by atoms with Gasteiger partial charge in [-0.15, -0.1) is 0 Å². The second-order valence-electron chi connectivity index (χ2n) is 1.25. The molecule has 0 radical (unpaired) electrons. The van der Waals surface area contributed by atoms with Gasteiger partial charge in [-0.3, -0.25) is 13.9 Å². The Kier molecular flexibility index (Phi) is 6.37. The lowest BCUT2D eigenvalue weighted by atomic mass is 10.5. The maximum Gasteiger partial charge on any atom is 0.394 e. The number of carbonyl (C=O) groups excluding carboxylic acids is 1. The summed E-state index contributed by atoms with van der Waals surface area (Å²) in [5.41, 5.74) is 4.54. The standard InChI is InChI=1S/C3H4N2O.H2O4S/c4-2-1-3(5)6;1-5(2,3)4/h1H2,(H2,5,6);(H2,1,2,3,4). The SMILES string of the molecule is N#CCC(N)=O.O=S(=O)(O)O. The molecule has 4 N–H and O–H groups in total. The summed E-state index contributed by atoms with van der Waals surface area (Å²) in [6, 6.07) is 1.59. The van der Waals surface area contributed by atoms with Crippen LogP contribution in [-0.2, 0) is 15.2 Å². The van der Waals surface area contributed by atoms with Crippen LogP contribution in [0, 0.1) is 11.3 Å². The molecule has 0 heterocycles. The van der Waals surface area contributed by atoms with Crippen molar-refractivity contribution in [2.45, 2.75) is 6.42 Å². The summed E-state index contributed by atoms with van der Waals surface area (Å²) in [7, 11) is -4.67. The minimum atomic E-state index is -4.67. The first-order valence-electron chi connectivity index (χ1n) is 2.12. The number of nitrogens with zero attached hydrogens (tertiary/aromatic N) is 1. The molecule has 0 aliphatic rings. The molecule has 11 heavy (non-hydrogen) atoms. The van der Waals surface area contributed by atoms with E-state index in [2.05, 4.69) is 5.73 Å². The molecule has 0 aliphatic carbocycles. The highest BCUT2D eigenvalue weighted by atomic mass is 32.3. The molecule has 0 saturated carbocycles. The van der Waals surface area contributed by atoms with Gasteiger partial charge in [-0.1, -0.05) is 0 Å². The lowest BCUT2D eigenvalue weighted by Crippen LogP contribution is -2.07. The molecular formula is C3H6N2O5S. The Morgan fingerprint density at radius 1 is 1.55 bits per heavy atom. The quantitative estimate of drug-likeness (QED) is 0.431. The second-order valence-corrected chi connectivity index (χ2v) is 2.14. The van der Waals surface area contributed by atoms with E-state index in [1.165, 1.54) is 0 Å². The van der Waals surface area contributed by atoms with Crippen molar-refractivity contribution >= 4 is 16.3 Å². The van der Waals surface area contributed by atoms with Crippen LogP contribution in [0.5, 0.6) is 0 Å². The van der Waals surface area contributed by atoms with E-state index in [-0.39, 0.29) is 6.42 Å². The largest absolute Gasteiger partial charge is 0.394 e. The summed E-state index contributed by atoms with van der Waals surface area (Å²) >= 11 is 0. The Hall–Kier alpha value is -1.17. The van der Waals surface area contributed by atoms with E-state index in [9.17, 15) is 4.79 Å². The second kappa shape index (κ2) is 5.60. The van der Waals surface area contributed by atoms with E-state index in [0.29, 0.717) is 0 Å². The number of nitriles is 1. The van der Waals surface area contributed by atoms with Crippen molar-refractivity contribution in [2.24, 2.45) is 5.73 Å². The first kappa shape index (κ1) is 12.5. The van der Waals surface area contributed by atoms with Crippen LogP contribution in [0.4, 0.5) is 0 Å². The van der Waals surface area contributed by atoms with E-state index in [4.69, 9.17) is 22.8 Å². The molecule has 8 heteroatoms. The molecule has 0 unspecified atom stereocenters. The molecule has 0 aliphatic heterocycles. The maximum absolute atomic E-state index is 9.60. The zero-order chi connectivity index (χ0) is 9.49. The zero-order valence-electron chi connectivity index (χ0n) is 5.26. The molecular weight excluding hydrogens is 176 g/mol. The minimum Gasteiger partial charge on any atom is -0.369 e. The molecule has 0 rings (SSSR count). The number of primary amides is 1. The third-order valence-corrected chi connectivity index (χ3v) is 0.253. The number of hydrogen-bond donors (Lipinski definition) is 3. The van der Waals surface area contributed by atoms with E-state index in [1.54, 1.807) is 6.07 Å². The average molecular weight is 182 g/mol. The average Bonchev–Trinajstić information content (AvgIpc) is 1.58. The molecule has 0 aromatic carbocycles. The Labute approximate surface area is 63.0 Å². The van der Waals surface area contributed by atoms with Crippen molar-refractivity contribution in [2.75, 3.05) is 0 Å². The lowest BCUT2D eigenvalue weighted by molar-refractivity contribution is -0.117. The molecule has 0 bridgehead atoms. The minimum absolute atomic E-state index is 0.181. The molecule has 0 fully saturated rings. The van der Waals surface area contributed by atoms with Crippen molar-refractivity contribution in [3.63, 3.8) is 0 Å². The maximum atomic E-state index is 9.60. The van der Waals surface area contributed by atoms with Gasteiger partial charge in [0.1, 0.15) is 6.42 Å². The van der Waals surface area contributed by atoms with Crippen LogP contribution in [0.3, 0.4) is 0 Å². The van der Waals surface area contributed by atoms with E-state index >= 15 is 0 Å². The highest BCUT2D eigenvalue weighted by Gasteiger charge is 1.85. The summed E-state index contributed by atoms with van der Waals surface area (Å²) in [5.74, 6) is -0.572. The van der Waals surface area contributed by atoms with Gasteiger partial charge in [0.2, 0.25) is 5.91 Å². The Balaban J connectivity index is 0. The number of nitrogens with two attached hydrogens (primary N) is 1. The van der Waals surface area contributed by atoms with Gasteiger partial charge in [-0.2, -0.15) is 13.7 Å². The number of carbonyl (C=O) groups is 1. The Morgan fingerprint density at radius 2 is 1.82 bits per heavy atom. The van der Waals surface area contributed by atoms with Gasteiger partial charge in [0.05, 0.1) is 6.07 Å². The van der Waals surface area contributed by atoms with Crippen LogP contribution in [0.15, 0.2) is 0 Å². The smallest absolute Gasteiger partial charge is 0.369 e. The fraction of sp³-hybridized carbons (Fsp3) is 0.333. The van der Waals surface area contributed by atoms with Crippen molar-refractivity contribution in [1.82, 2.24) is 0 Å². The molecule has 7 nitrogen and oxygen atoms in total. The molecule has 0 aromatic rings. The molecule has 0 saturated heterocycles. The normalized spacial score (nSPS) is 8.82. The third-order valence-electron chi connectivity index (χ3n) is 0.253. The van der Waals surface area contributed by atoms with Crippen LogP contribution in [0.2, 0.25) is 0 Å². The van der Waals surface area contributed by atoms with Crippen molar-refractivity contribution in [3.05, 3.63) is 0 Å². The van der Waals surface area contributed by atoms with Crippen LogP contribution >= 0.6 is 0 Å². The van der Waals surface area contributed by atoms with Crippen LogP contribution < -0.4 is 5.73 Å². The molecule has 64 valence electrons. The lowest BCUT2D eigenvalue weighted by Gasteiger charge is -1.71. The Bertz CT molecular complexity index is 241. The fourth-order valence-electron chi connectivity index (χ4n) is 0.0779. The predicted molar refractivity (Wildman–Crippen MR) is 33.6 cm³/mol. The van der Waals surface area contributed by atoms with Gasteiger partial charge in [0.15, 0.2) is 0 Å². The van der Waals surface area contributed by atoms with E-state index in [1.807, 2.05) is 0 Å². The van der Waals surface area contributed by atoms with Crippen molar-refractivity contribution in [1.29, 1.82) is 5.26 Å². The van der Waals surface area contributed by atoms with Gasteiger partial charge in [-0.25, -0.2) is 0 Å². The first-order valence-corrected chi connectivity index (χ1v) is 3.52. The molecule has 0 aromatic heterocycles. The van der Waals surface area contributed by atoms with Gasteiger partial charge in [-0.05, 0) is 0 Å². The molecule has 0 atom stereocenters. The molecule has 1 amide bonds. The Morgan fingerprint density at radius 3 is 1.82 bits per heavy atom. The summed E-state index contributed by atoms with van der Waals surface area (Å²) in [6.45, 7) is 0. The highest BCUT2D eigenvalue weighted by molar-refractivity contribution is 7.79. The summed E-state index contributed by atoms with van der Waals surface area (Å²) in [5, 5.41) is 7.69. The molecule has 0 spiro atoms. The van der Waals surface area contributed by atoms with Crippen LogP contribution in [0.25, 0.3) is 0 Å². The summed E-state index contributed by atoms with van der Waals surface area (Å²) in [6.07, 6.45) is -0.181. The predicted octanol–water partition coefficient (Wildman–Crippen LogP) is -1.27. The van der Waals surface area contributed by atoms with Gasteiger partial charge < -0.3 is 5.73 Å². The van der Waals surface area contributed by atoms with E-state index < -0.39 is 16.3 Å². The van der Waals surface area contributed by atoms with Gasteiger partial charge in [0, 0.05) is 0 Å².